The van der Waals surface area contributed by atoms with Crippen LogP contribution in [0.25, 0.3) is 0 Å². The number of nitrogens with zero attached hydrogens (tertiary/aromatic N) is 3. The summed E-state index contributed by atoms with van der Waals surface area (Å²) in [5.41, 5.74) is 1.49. The Bertz CT molecular complexity index is 1080. The largest absolute Gasteiger partial charge is 0.495 e. The van der Waals surface area contributed by atoms with E-state index in [1.54, 1.807) is 7.11 Å². The monoisotopic (exact) mass is 496 g/mol. The summed E-state index contributed by atoms with van der Waals surface area (Å²) in [4.78, 5) is 19.2. The lowest BCUT2D eigenvalue weighted by molar-refractivity contribution is -0.137. The van der Waals surface area contributed by atoms with Gasteiger partial charge in [-0.25, -0.2) is 4.79 Å². The number of urea groups is 1. The average Bonchev–Trinajstić information content (AvgIpc) is 3.19. The third-order valence-electron chi connectivity index (χ3n) is 6.77. The molecule has 2 amide bonds. The minimum absolute atomic E-state index is 0.0783. The third kappa shape index (κ3) is 4.51. The van der Waals surface area contributed by atoms with Crippen molar-refractivity contribution in [2.24, 2.45) is 0 Å². The molecule has 0 aromatic heterocycles. The van der Waals surface area contributed by atoms with E-state index in [1.165, 1.54) is 17.0 Å². The van der Waals surface area contributed by atoms with Gasteiger partial charge in [0, 0.05) is 31.7 Å². The first-order valence-electron chi connectivity index (χ1n) is 11.1. The number of amides is 2. The quantitative estimate of drug-likeness (QED) is 0.610. The van der Waals surface area contributed by atoms with Crippen LogP contribution in [-0.4, -0.2) is 56.8 Å². The summed E-state index contributed by atoms with van der Waals surface area (Å²) in [6.07, 6.45) is -3.99. The Hall–Kier alpha value is -2.65. The van der Waals surface area contributed by atoms with Crippen LogP contribution in [0.4, 0.5) is 35.0 Å². The summed E-state index contributed by atoms with van der Waals surface area (Å²) in [6, 6.07) is 7.51. The lowest BCUT2D eigenvalue weighted by Gasteiger charge is -2.44. The minimum atomic E-state index is -4.61. The highest BCUT2D eigenvalue weighted by Gasteiger charge is 2.35. The SMILES string of the molecule is COc1cc2c(cc1N1C[C@@H](C)N(C)[C@@H](C)C1)N(C(=O)Nc1cccc(C(F)(F)F)c1Cl)CC2. The van der Waals surface area contributed by atoms with Gasteiger partial charge in [0.15, 0.2) is 0 Å². The summed E-state index contributed by atoms with van der Waals surface area (Å²) in [5.74, 6) is 0.742. The van der Waals surface area contributed by atoms with Crippen LogP contribution in [-0.2, 0) is 12.6 Å². The maximum atomic E-state index is 13.2. The van der Waals surface area contributed by atoms with Gasteiger partial charge in [0.05, 0.1) is 34.8 Å². The normalized spacial score (nSPS) is 20.9. The fraction of sp³-hybridized carbons (Fsp3) is 0.458. The Balaban J connectivity index is 1.62. The zero-order valence-electron chi connectivity index (χ0n) is 19.5. The number of alkyl halides is 3. The molecular weight excluding hydrogens is 469 g/mol. The fourth-order valence-electron chi connectivity index (χ4n) is 4.66. The number of carbonyl (C=O) groups is 1. The first-order valence-corrected chi connectivity index (χ1v) is 11.5. The molecule has 0 saturated carbocycles. The number of piperazine rings is 1. The van der Waals surface area contributed by atoms with Crippen molar-refractivity contribution in [1.82, 2.24) is 4.90 Å². The Morgan fingerprint density at radius 2 is 1.82 bits per heavy atom. The Morgan fingerprint density at radius 1 is 1.15 bits per heavy atom. The second-order valence-electron chi connectivity index (χ2n) is 8.92. The van der Waals surface area contributed by atoms with Gasteiger partial charge >= 0.3 is 12.2 Å². The number of likely N-dealkylation sites (N-methyl/N-ethyl adjacent to an activating group) is 1. The summed E-state index contributed by atoms with van der Waals surface area (Å²) in [7, 11) is 3.74. The van der Waals surface area contributed by atoms with Gasteiger partial charge in [-0.3, -0.25) is 9.80 Å². The van der Waals surface area contributed by atoms with E-state index < -0.39 is 22.8 Å². The molecule has 0 unspecified atom stereocenters. The van der Waals surface area contributed by atoms with Crippen molar-refractivity contribution in [3.05, 3.63) is 46.5 Å². The number of carbonyl (C=O) groups excluding carboxylic acids is 1. The lowest BCUT2D eigenvalue weighted by Crippen LogP contribution is -2.55. The number of hydrogen-bond donors (Lipinski definition) is 1. The zero-order valence-corrected chi connectivity index (χ0v) is 20.3. The highest BCUT2D eigenvalue weighted by Crippen LogP contribution is 2.41. The average molecular weight is 497 g/mol. The number of fused-ring (bicyclic) bond motifs is 1. The van der Waals surface area contributed by atoms with Gasteiger partial charge in [-0.1, -0.05) is 17.7 Å². The standard InChI is InChI=1S/C24H28ClF3N4O2/c1-14-12-31(13-15(2)30(14)3)20-11-19-16(10-21(20)34-4)8-9-32(19)23(33)29-18-7-5-6-17(22(18)25)24(26,27)28/h5-7,10-11,14-15H,8-9,12-13H2,1-4H3,(H,29,33)/t14-,15+. The molecule has 2 aliphatic heterocycles. The van der Waals surface area contributed by atoms with Crippen LogP contribution in [0.2, 0.25) is 5.02 Å². The van der Waals surface area contributed by atoms with Crippen molar-refractivity contribution in [3.8, 4) is 5.75 Å². The number of methoxy groups -OCH3 is 1. The van der Waals surface area contributed by atoms with Gasteiger partial charge in [-0.2, -0.15) is 13.2 Å². The van der Waals surface area contributed by atoms with Crippen molar-refractivity contribution in [3.63, 3.8) is 0 Å². The van der Waals surface area contributed by atoms with Gasteiger partial charge in [0.2, 0.25) is 0 Å². The van der Waals surface area contributed by atoms with Crippen LogP contribution in [0.15, 0.2) is 30.3 Å². The molecule has 1 N–H and O–H groups in total. The van der Waals surface area contributed by atoms with Crippen LogP contribution in [0, 0.1) is 0 Å². The van der Waals surface area contributed by atoms with E-state index in [-0.39, 0.29) is 5.69 Å². The molecule has 0 radical (unpaired) electrons. The van der Waals surface area contributed by atoms with Gasteiger partial charge in [-0.05, 0) is 57.1 Å². The van der Waals surface area contributed by atoms with Crippen molar-refractivity contribution in [2.45, 2.75) is 38.5 Å². The maximum Gasteiger partial charge on any atom is 0.417 e. The molecule has 10 heteroatoms. The molecule has 2 atom stereocenters. The van der Waals surface area contributed by atoms with Crippen LogP contribution >= 0.6 is 11.6 Å². The van der Waals surface area contributed by atoms with Gasteiger partial charge in [0.1, 0.15) is 5.75 Å². The van der Waals surface area contributed by atoms with Crippen LogP contribution < -0.4 is 19.9 Å². The summed E-state index contributed by atoms with van der Waals surface area (Å²) in [5, 5.41) is 2.03. The van der Waals surface area contributed by atoms with Crippen LogP contribution in [0.1, 0.15) is 25.0 Å². The maximum absolute atomic E-state index is 13.2. The van der Waals surface area contributed by atoms with E-state index >= 15 is 0 Å². The second-order valence-corrected chi connectivity index (χ2v) is 9.30. The zero-order chi connectivity index (χ0) is 24.8. The smallest absolute Gasteiger partial charge is 0.417 e. The lowest BCUT2D eigenvalue weighted by atomic mass is 10.1. The predicted octanol–water partition coefficient (Wildman–Crippen LogP) is 5.49. The van der Waals surface area contributed by atoms with Crippen LogP contribution in [0.3, 0.4) is 0 Å². The van der Waals surface area contributed by atoms with Crippen LogP contribution in [0.5, 0.6) is 5.75 Å². The summed E-state index contributed by atoms with van der Waals surface area (Å²) >= 11 is 5.97. The molecular formula is C24H28ClF3N4O2. The molecule has 4 rings (SSSR count). The molecule has 2 aromatic rings. The van der Waals surface area contributed by atoms with E-state index in [1.807, 2.05) is 12.1 Å². The van der Waals surface area contributed by atoms with E-state index in [4.69, 9.17) is 16.3 Å². The number of anilines is 3. The molecule has 184 valence electrons. The molecule has 0 aliphatic carbocycles. The number of halogens is 4. The summed E-state index contributed by atoms with van der Waals surface area (Å²) < 4.78 is 45.3. The molecule has 34 heavy (non-hydrogen) atoms. The van der Waals surface area contributed by atoms with Crippen molar-refractivity contribution in [1.29, 1.82) is 0 Å². The first kappa shape index (κ1) is 24.5. The number of nitrogens with one attached hydrogen (secondary N) is 1. The molecule has 6 nitrogen and oxygen atoms in total. The molecule has 0 spiro atoms. The van der Waals surface area contributed by atoms with E-state index in [0.717, 1.165) is 41.8 Å². The van der Waals surface area contributed by atoms with Crippen molar-refractivity contribution in [2.75, 3.05) is 48.9 Å². The Labute approximate surface area is 202 Å². The van der Waals surface area contributed by atoms with Gasteiger partial charge < -0.3 is 15.0 Å². The van der Waals surface area contributed by atoms with E-state index in [2.05, 4.69) is 36.0 Å². The first-order chi connectivity index (χ1) is 16.0. The number of benzene rings is 2. The van der Waals surface area contributed by atoms with Crippen molar-refractivity contribution >= 4 is 34.7 Å². The Morgan fingerprint density at radius 3 is 2.44 bits per heavy atom. The number of ether oxygens (including phenoxy) is 1. The molecule has 1 saturated heterocycles. The second kappa shape index (κ2) is 9.19. The highest BCUT2D eigenvalue weighted by atomic mass is 35.5. The van der Waals surface area contributed by atoms with Crippen molar-refractivity contribution < 1.29 is 22.7 Å². The topological polar surface area (TPSA) is 48.1 Å². The van der Waals surface area contributed by atoms with Gasteiger partial charge in [-0.15, -0.1) is 0 Å². The molecule has 1 fully saturated rings. The third-order valence-corrected chi connectivity index (χ3v) is 7.17. The Kier molecular flexibility index (Phi) is 6.61. The predicted molar refractivity (Wildman–Crippen MR) is 128 cm³/mol. The molecule has 2 aliphatic rings. The molecule has 2 heterocycles. The van der Waals surface area contributed by atoms with E-state index in [0.29, 0.717) is 25.0 Å². The highest BCUT2D eigenvalue weighted by molar-refractivity contribution is 6.34. The number of hydrogen-bond acceptors (Lipinski definition) is 4. The fourth-order valence-corrected chi connectivity index (χ4v) is 4.94. The molecule has 2 aromatic carbocycles. The minimum Gasteiger partial charge on any atom is -0.495 e. The number of rotatable bonds is 3. The molecule has 0 bridgehead atoms. The summed E-state index contributed by atoms with van der Waals surface area (Å²) in [6.45, 7) is 6.35. The van der Waals surface area contributed by atoms with Gasteiger partial charge in [0.25, 0.3) is 0 Å². The van der Waals surface area contributed by atoms with E-state index in [9.17, 15) is 18.0 Å².